The van der Waals surface area contributed by atoms with Crippen molar-refractivity contribution in [2.75, 3.05) is 0 Å². The molecule has 1 aromatic rings. The molecule has 0 amide bonds. The van der Waals surface area contributed by atoms with Crippen LogP contribution < -0.4 is 0 Å². The van der Waals surface area contributed by atoms with Gasteiger partial charge in [-0.1, -0.05) is 11.6 Å². The fourth-order valence-corrected chi connectivity index (χ4v) is 1.11. The summed E-state index contributed by atoms with van der Waals surface area (Å²) in [6.07, 6.45) is -4.19. The maximum Gasteiger partial charge on any atom is 0.368 e. The van der Waals surface area contributed by atoms with E-state index in [0.29, 0.717) is 12.1 Å². The van der Waals surface area contributed by atoms with Gasteiger partial charge in [0.05, 0.1) is 5.56 Å². The van der Waals surface area contributed by atoms with Crippen molar-refractivity contribution in [2.45, 2.75) is 12.3 Å². The molecular weight excluding hydrogens is 255 g/mol. The Bertz CT molecular complexity index is 418. The number of Topliss-reactive ketones (excluding diaryl/α,β-unsaturated/α-hetero) is 1. The summed E-state index contributed by atoms with van der Waals surface area (Å²) in [7, 11) is 0. The first-order valence-electron chi connectivity index (χ1n) is 3.92. The van der Waals surface area contributed by atoms with Crippen LogP contribution >= 0.6 is 11.6 Å². The van der Waals surface area contributed by atoms with Gasteiger partial charge in [-0.05, 0) is 18.2 Å². The SMILES string of the molecule is O=C(c1ccc(Cl)cc1F)C(F)(F)C(F)F. The molecule has 1 nitrogen and oxygen atoms in total. The van der Waals surface area contributed by atoms with Crippen molar-refractivity contribution < 1.29 is 26.7 Å². The quantitative estimate of drug-likeness (QED) is 0.598. The summed E-state index contributed by atoms with van der Waals surface area (Å²) in [6.45, 7) is 0. The Kier molecular flexibility index (Phi) is 3.52. The molecule has 0 aliphatic heterocycles. The van der Waals surface area contributed by atoms with Gasteiger partial charge in [-0.3, -0.25) is 4.79 Å². The summed E-state index contributed by atoms with van der Waals surface area (Å²) in [6, 6.07) is 2.19. The Balaban J connectivity index is 3.15. The zero-order chi connectivity index (χ0) is 12.5. The molecule has 0 saturated carbocycles. The first-order chi connectivity index (χ1) is 7.26. The topological polar surface area (TPSA) is 17.1 Å². The first-order valence-corrected chi connectivity index (χ1v) is 4.30. The number of hydrogen-bond acceptors (Lipinski definition) is 1. The van der Waals surface area contributed by atoms with Gasteiger partial charge in [0.1, 0.15) is 5.82 Å². The summed E-state index contributed by atoms with van der Waals surface area (Å²) < 4.78 is 61.9. The van der Waals surface area contributed by atoms with Crippen molar-refractivity contribution in [2.24, 2.45) is 0 Å². The number of halogens is 6. The zero-order valence-corrected chi connectivity index (χ0v) is 8.24. The predicted molar refractivity (Wildman–Crippen MR) is 46.7 cm³/mol. The molecule has 0 radical (unpaired) electrons. The van der Waals surface area contributed by atoms with E-state index in [-0.39, 0.29) is 5.02 Å². The van der Waals surface area contributed by atoms with Crippen LogP contribution in [0.4, 0.5) is 22.0 Å². The molecule has 16 heavy (non-hydrogen) atoms. The van der Waals surface area contributed by atoms with E-state index >= 15 is 0 Å². The molecule has 0 N–H and O–H groups in total. The second-order valence-corrected chi connectivity index (χ2v) is 3.31. The zero-order valence-electron chi connectivity index (χ0n) is 7.49. The molecule has 1 rings (SSSR count). The van der Waals surface area contributed by atoms with Crippen LogP contribution in [-0.4, -0.2) is 18.1 Å². The Morgan fingerprint density at radius 3 is 2.31 bits per heavy atom. The van der Waals surface area contributed by atoms with Crippen LogP contribution in [0.15, 0.2) is 18.2 Å². The van der Waals surface area contributed by atoms with E-state index in [1.807, 2.05) is 0 Å². The van der Waals surface area contributed by atoms with Crippen LogP contribution in [0.1, 0.15) is 10.4 Å². The van der Waals surface area contributed by atoms with Crippen molar-refractivity contribution in [3.63, 3.8) is 0 Å². The molecule has 0 aliphatic rings. The molecule has 0 spiro atoms. The van der Waals surface area contributed by atoms with Crippen LogP contribution in [0.2, 0.25) is 5.02 Å². The summed E-state index contributed by atoms with van der Waals surface area (Å²) in [5.74, 6) is -8.54. The third kappa shape index (κ3) is 2.32. The lowest BCUT2D eigenvalue weighted by molar-refractivity contribution is -0.0959. The summed E-state index contributed by atoms with van der Waals surface area (Å²) >= 11 is 5.31. The van der Waals surface area contributed by atoms with Crippen LogP contribution in [0.5, 0.6) is 0 Å². The maximum atomic E-state index is 13.0. The minimum Gasteiger partial charge on any atom is -0.287 e. The highest BCUT2D eigenvalue weighted by Crippen LogP contribution is 2.29. The highest BCUT2D eigenvalue weighted by atomic mass is 35.5. The number of carbonyl (C=O) groups is 1. The number of benzene rings is 1. The van der Waals surface area contributed by atoms with E-state index in [9.17, 15) is 26.7 Å². The minimum absolute atomic E-state index is 0.130. The van der Waals surface area contributed by atoms with Gasteiger partial charge in [-0.2, -0.15) is 8.78 Å². The fraction of sp³-hybridized carbons (Fsp3) is 0.222. The van der Waals surface area contributed by atoms with E-state index in [1.165, 1.54) is 0 Å². The lowest BCUT2D eigenvalue weighted by Crippen LogP contribution is -2.37. The molecule has 0 bridgehead atoms. The summed E-state index contributed by atoms with van der Waals surface area (Å²) in [5.41, 5.74) is -1.12. The molecule has 0 unspecified atom stereocenters. The van der Waals surface area contributed by atoms with Crippen LogP contribution in [-0.2, 0) is 0 Å². The molecule has 0 heterocycles. The van der Waals surface area contributed by atoms with Crippen molar-refractivity contribution >= 4 is 17.4 Å². The van der Waals surface area contributed by atoms with Gasteiger partial charge >= 0.3 is 12.3 Å². The number of rotatable bonds is 3. The molecule has 0 fully saturated rings. The maximum absolute atomic E-state index is 13.0. The average Bonchev–Trinajstić information content (AvgIpc) is 2.16. The molecular formula is C9H4ClF5O. The van der Waals surface area contributed by atoms with Gasteiger partial charge in [0.15, 0.2) is 0 Å². The van der Waals surface area contributed by atoms with Crippen LogP contribution in [0.3, 0.4) is 0 Å². The van der Waals surface area contributed by atoms with Gasteiger partial charge < -0.3 is 0 Å². The molecule has 1 aromatic carbocycles. The Morgan fingerprint density at radius 2 is 1.88 bits per heavy atom. The summed E-state index contributed by atoms with van der Waals surface area (Å²) in [4.78, 5) is 10.9. The summed E-state index contributed by atoms with van der Waals surface area (Å²) in [5, 5.41) is -0.130. The Morgan fingerprint density at radius 1 is 1.31 bits per heavy atom. The molecule has 0 aromatic heterocycles. The molecule has 7 heteroatoms. The number of alkyl halides is 4. The second kappa shape index (κ2) is 4.37. The van der Waals surface area contributed by atoms with Crippen LogP contribution in [0.25, 0.3) is 0 Å². The largest absolute Gasteiger partial charge is 0.368 e. The van der Waals surface area contributed by atoms with Crippen molar-refractivity contribution in [1.29, 1.82) is 0 Å². The predicted octanol–water partition coefficient (Wildman–Crippen LogP) is 3.56. The third-order valence-corrected chi connectivity index (χ3v) is 1.99. The Hall–Kier alpha value is -1.17. The normalized spacial score (nSPS) is 11.9. The fourth-order valence-electron chi connectivity index (χ4n) is 0.952. The lowest BCUT2D eigenvalue weighted by atomic mass is 10.1. The first kappa shape index (κ1) is 12.9. The number of carbonyl (C=O) groups excluding carboxylic acids is 1. The Labute approximate surface area is 91.8 Å². The highest BCUT2D eigenvalue weighted by molar-refractivity contribution is 6.30. The van der Waals surface area contributed by atoms with Gasteiger partial charge in [-0.25, -0.2) is 13.2 Å². The van der Waals surface area contributed by atoms with E-state index in [0.717, 1.165) is 6.07 Å². The van der Waals surface area contributed by atoms with Gasteiger partial charge in [0.25, 0.3) is 0 Å². The van der Waals surface area contributed by atoms with Crippen LogP contribution in [0, 0.1) is 5.82 Å². The van der Waals surface area contributed by atoms with E-state index < -0.39 is 29.5 Å². The van der Waals surface area contributed by atoms with Gasteiger partial charge in [0.2, 0.25) is 5.78 Å². The lowest BCUT2D eigenvalue weighted by Gasteiger charge is -2.13. The van der Waals surface area contributed by atoms with Crippen molar-refractivity contribution in [3.8, 4) is 0 Å². The van der Waals surface area contributed by atoms with E-state index in [1.54, 1.807) is 0 Å². The minimum atomic E-state index is -4.91. The number of ketones is 1. The molecule has 0 saturated heterocycles. The third-order valence-electron chi connectivity index (χ3n) is 1.75. The van der Waals surface area contributed by atoms with Crippen molar-refractivity contribution in [1.82, 2.24) is 0 Å². The van der Waals surface area contributed by atoms with Gasteiger partial charge in [0, 0.05) is 5.02 Å². The monoisotopic (exact) mass is 258 g/mol. The highest BCUT2D eigenvalue weighted by Gasteiger charge is 2.49. The molecule has 88 valence electrons. The molecule has 0 atom stereocenters. The smallest absolute Gasteiger partial charge is 0.287 e. The van der Waals surface area contributed by atoms with E-state index in [2.05, 4.69) is 0 Å². The van der Waals surface area contributed by atoms with E-state index in [4.69, 9.17) is 11.6 Å². The van der Waals surface area contributed by atoms with Gasteiger partial charge in [-0.15, -0.1) is 0 Å². The second-order valence-electron chi connectivity index (χ2n) is 2.88. The average molecular weight is 259 g/mol. The standard InChI is InChI=1S/C9H4ClF5O/c10-4-1-2-5(6(11)3-4)7(16)9(14,15)8(12)13/h1-3,8H. The molecule has 0 aliphatic carbocycles. The van der Waals surface area contributed by atoms with Crippen molar-refractivity contribution in [3.05, 3.63) is 34.6 Å². The number of hydrogen-bond donors (Lipinski definition) is 0.